The van der Waals surface area contributed by atoms with Gasteiger partial charge in [0.25, 0.3) is 5.91 Å². The molecule has 0 saturated heterocycles. The van der Waals surface area contributed by atoms with E-state index in [1.165, 1.54) is 0 Å². The van der Waals surface area contributed by atoms with Crippen LogP contribution < -0.4 is 5.43 Å². The van der Waals surface area contributed by atoms with Crippen molar-refractivity contribution in [3.05, 3.63) is 76.4 Å². The van der Waals surface area contributed by atoms with Crippen LogP contribution in [0, 0.1) is 0 Å². The molecule has 4 nitrogen and oxygen atoms in total. The molecule has 0 bridgehead atoms. The van der Waals surface area contributed by atoms with Crippen LogP contribution in [0.4, 0.5) is 0 Å². The first-order chi connectivity index (χ1) is 10.7. The number of nitrogens with one attached hydrogen (secondary N) is 1. The number of carbonyl (C=O) groups is 1. The van der Waals surface area contributed by atoms with E-state index in [0.717, 1.165) is 20.9 Å². The molecule has 0 spiro atoms. The molecule has 5 heteroatoms. The lowest BCUT2D eigenvalue weighted by molar-refractivity contribution is 0.0950. The third-order valence-electron chi connectivity index (χ3n) is 3.11. The van der Waals surface area contributed by atoms with Crippen LogP contribution in [-0.4, -0.2) is 17.1 Å². The van der Waals surface area contributed by atoms with Crippen LogP contribution in [0.2, 0.25) is 0 Å². The molecule has 1 N–H and O–H groups in total. The van der Waals surface area contributed by atoms with E-state index in [1.54, 1.807) is 12.3 Å². The van der Waals surface area contributed by atoms with Gasteiger partial charge in [-0.3, -0.25) is 4.79 Å². The summed E-state index contributed by atoms with van der Waals surface area (Å²) in [5, 5.41) is 4.96. The Morgan fingerprint density at radius 3 is 2.68 bits per heavy atom. The molecular weight excluding hydrogens is 342 g/mol. The molecule has 22 heavy (non-hydrogen) atoms. The smallest absolute Gasteiger partial charge is 0.266 e. The van der Waals surface area contributed by atoms with E-state index in [2.05, 4.69) is 31.4 Å². The number of nitrogens with zero attached hydrogens (tertiary/aromatic N) is 2. The lowest BCUT2D eigenvalue weighted by atomic mass is 10.2. The average molecular weight is 354 g/mol. The monoisotopic (exact) mass is 353 g/mol. The molecule has 0 aliphatic heterocycles. The number of halogens is 1. The Balaban J connectivity index is 1.74. The average Bonchev–Trinajstić information content (AvgIpc) is 2.56. The van der Waals surface area contributed by atoms with E-state index in [0.29, 0.717) is 5.69 Å². The van der Waals surface area contributed by atoms with E-state index in [4.69, 9.17) is 0 Å². The number of benzene rings is 2. The van der Waals surface area contributed by atoms with Gasteiger partial charge in [-0.2, -0.15) is 5.10 Å². The normalized spacial score (nSPS) is 11.0. The second-order valence-corrected chi connectivity index (χ2v) is 5.46. The van der Waals surface area contributed by atoms with Crippen LogP contribution >= 0.6 is 15.9 Å². The van der Waals surface area contributed by atoms with Gasteiger partial charge in [0.1, 0.15) is 5.69 Å². The van der Waals surface area contributed by atoms with Gasteiger partial charge < -0.3 is 0 Å². The minimum atomic E-state index is -0.339. The fourth-order valence-electron chi connectivity index (χ4n) is 1.99. The first-order valence-electron chi connectivity index (χ1n) is 6.68. The van der Waals surface area contributed by atoms with Crippen molar-refractivity contribution >= 4 is 39.0 Å². The molecule has 0 saturated carbocycles. The minimum Gasteiger partial charge on any atom is -0.266 e. The van der Waals surface area contributed by atoms with Crippen molar-refractivity contribution in [3.8, 4) is 0 Å². The molecule has 1 amide bonds. The van der Waals surface area contributed by atoms with Gasteiger partial charge in [0.2, 0.25) is 0 Å². The maximum atomic E-state index is 12.1. The number of hydrogen-bond acceptors (Lipinski definition) is 3. The van der Waals surface area contributed by atoms with Gasteiger partial charge in [0.05, 0.1) is 11.7 Å². The Bertz CT molecular complexity index is 861. The highest BCUT2D eigenvalue weighted by molar-refractivity contribution is 9.10. The van der Waals surface area contributed by atoms with Gasteiger partial charge in [-0.15, -0.1) is 0 Å². The quantitative estimate of drug-likeness (QED) is 0.575. The van der Waals surface area contributed by atoms with Gasteiger partial charge in [0.15, 0.2) is 0 Å². The molecule has 108 valence electrons. The third kappa shape index (κ3) is 3.20. The largest absolute Gasteiger partial charge is 0.289 e. The Labute approximate surface area is 136 Å². The number of hydrogen-bond donors (Lipinski definition) is 1. The summed E-state index contributed by atoms with van der Waals surface area (Å²) in [5.41, 5.74) is 4.49. The van der Waals surface area contributed by atoms with Crippen LogP contribution in [-0.2, 0) is 0 Å². The maximum Gasteiger partial charge on any atom is 0.289 e. The van der Waals surface area contributed by atoms with Crippen molar-refractivity contribution in [3.63, 3.8) is 0 Å². The summed E-state index contributed by atoms with van der Waals surface area (Å²) in [6, 6.07) is 18.8. The second kappa shape index (κ2) is 6.49. The van der Waals surface area contributed by atoms with Gasteiger partial charge in [-0.1, -0.05) is 58.4 Å². The summed E-state index contributed by atoms with van der Waals surface area (Å²) in [4.78, 5) is 16.4. The molecule has 1 aromatic heterocycles. The van der Waals surface area contributed by atoms with E-state index in [-0.39, 0.29) is 5.91 Å². The van der Waals surface area contributed by atoms with Crippen molar-refractivity contribution in [2.24, 2.45) is 5.10 Å². The number of aromatic nitrogens is 1. The minimum absolute atomic E-state index is 0.336. The summed E-state index contributed by atoms with van der Waals surface area (Å²) in [7, 11) is 0. The lowest BCUT2D eigenvalue weighted by Gasteiger charge is -2.02. The number of fused-ring (bicyclic) bond motifs is 1. The molecule has 0 aliphatic carbocycles. The Morgan fingerprint density at radius 2 is 1.82 bits per heavy atom. The van der Waals surface area contributed by atoms with Crippen LogP contribution in [0.25, 0.3) is 10.9 Å². The maximum absolute atomic E-state index is 12.1. The fraction of sp³-hybridized carbons (Fsp3) is 0. The molecule has 0 radical (unpaired) electrons. The van der Waals surface area contributed by atoms with Gasteiger partial charge in [-0.05, 0) is 18.2 Å². The van der Waals surface area contributed by atoms with Crippen molar-refractivity contribution in [2.75, 3.05) is 0 Å². The highest BCUT2D eigenvalue weighted by Gasteiger charge is 2.06. The van der Waals surface area contributed by atoms with E-state index in [1.807, 2.05) is 54.6 Å². The summed E-state index contributed by atoms with van der Waals surface area (Å²) in [5.74, 6) is -0.339. The molecular formula is C17H12BrN3O. The van der Waals surface area contributed by atoms with Crippen molar-refractivity contribution in [1.82, 2.24) is 10.4 Å². The van der Waals surface area contributed by atoms with Crippen molar-refractivity contribution < 1.29 is 4.79 Å². The Morgan fingerprint density at radius 1 is 1.05 bits per heavy atom. The fourth-order valence-corrected chi connectivity index (χ4v) is 2.38. The standard InChI is InChI=1S/C17H12BrN3O/c18-14-7-3-1-6-13(14)11-19-21-17(22)16-10-9-12-5-2-4-8-15(12)20-16/h1-11H,(H,21,22)/b19-11-. The van der Waals surface area contributed by atoms with Crippen molar-refractivity contribution in [1.29, 1.82) is 0 Å². The predicted molar refractivity (Wildman–Crippen MR) is 90.9 cm³/mol. The number of carbonyl (C=O) groups excluding carboxylic acids is 1. The predicted octanol–water partition coefficient (Wildman–Crippen LogP) is 3.76. The summed E-state index contributed by atoms with van der Waals surface area (Å²) in [6.07, 6.45) is 1.59. The van der Waals surface area contributed by atoms with Crippen molar-refractivity contribution in [2.45, 2.75) is 0 Å². The number of para-hydroxylation sites is 1. The molecule has 0 unspecified atom stereocenters. The molecule has 1 heterocycles. The van der Waals surface area contributed by atoms with E-state index < -0.39 is 0 Å². The lowest BCUT2D eigenvalue weighted by Crippen LogP contribution is -2.18. The zero-order valence-electron chi connectivity index (χ0n) is 11.5. The van der Waals surface area contributed by atoms with Crippen LogP contribution in [0.3, 0.4) is 0 Å². The molecule has 3 rings (SSSR count). The van der Waals surface area contributed by atoms with E-state index >= 15 is 0 Å². The van der Waals surface area contributed by atoms with Gasteiger partial charge in [0, 0.05) is 15.4 Å². The second-order valence-electron chi connectivity index (χ2n) is 4.61. The van der Waals surface area contributed by atoms with Gasteiger partial charge in [-0.25, -0.2) is 10.4 Å². The highest BCUT2D eigenvalue weighted by Crippen LogP contribution is 2.13. The SMILES string of the molecule is O=C(N/N=C\c1ccccc1Br)c1ccc2ccccc2n1. The number of hydrazone groups is 1. The van der Waals surface area contributed by atoms with E-state index in [9.17, 15) is 4.79 Å². The summed E-state index contributed by atoms with van der Waals surface area (Å²) < 4.78 is 0.914. The molecule has 0 aliphatic rings. The van der Waals surface area contributed by atoms with Crippen LogP contribution in [0.15, 0.2) is 70.2 Å². The molecule has 2 aromatic carbocycles. The molecule has 0 atom stereocenters. The Kier molecular flexibility index (Phi) is 4.25. The molecule has 0 fully saturated rings. The number of pyridine rings is 1. The number of amides is 1. The Hall–Kier alpha value is -2.53. The zero-order valence-corrected chi connectivity index (χ0v) is 13.1. The topological polar surface area (TPSA) is 54.4 Å². The molecule has 3 aromatic rings. The van der Waals surface area contributed by atoms with Gasteiger partial charge >= 0.3 is 0 Å². The van der Waals surface area contributed by atoms with Crippen LogP contribution in [0.5, 0.6) is 0 Å². The highest BCUT2D eigenvalue weighted by atomic mass is 79.9. The summed E-state index contributed by atoms with van der Waals surface area (Å²) >= 11 is 3.42. The third-order valence-corrected chi connectivity index (χ3v) is 3.83. The number of rotatable bonds is 3. The zero-order chi connectivity index (χ0) is 15.4. The summed E-state index contributed by atoms with van der Waals surface area (Å²) in [6.45, 7) is 0. The first-order valence-corrected chi connectivity index (χ1v) is 7.47. The van der Waals surface area contributed by atoms with Crippen LogP contribution in [0.1, 0.15) is 16.1 Å². The first kappa shape index (κ1) is 14.4.